The summed E-state index contributed by atoms with van der Waals surface area (Å²) in [6, 6.07) is 10.1. The van der Waals surface area contributed by atoms with Gasteiger partial charge in [-0.15, -0.1) is 0 Å². The van der Waals surface area contributed by atoms with Gasteiger partial charge in [0.15, 0.2) is 0 Å². The first-order chi connectivity index (χ1) is 11.2. The molecule has 1 aliphatic rings. The number of rotatable bonds is 6. The molecule has 0 unspecified atom stereocenters. The van der Waals surface area contributed by atoms with Crippen LogP contribution in [0.1, 0.15) is 16.8 Å². The van der Waals surface area contributed by atoms with E-state index in [9.17, 15) is 9.90 Å². The molecular formula is C17H20N4O2. The fourth-order valence-electron chi connectivity index (χ4n) is 2.96. The molecule has 2 aromatic rings. The van der Waals surface area contributed by atoms with Gasteiger partial charge in [-0.25, -0.2) is 9.97 Å². The van der Waals surface area contributed by atoms with Gasteiger partial charge in [0.05, 0.1) is 6.10 Å². The topological polar surface area (TPSA) is 78.4 Å². The summed E-state index contributed by atoms with van der Waals surface area (Å²) >= 11 is 0. The van der Waals surface area contributed by atoms with Gasteiger partial charge in [-0.2, -0.15) is 0 Å². The molecule has 2 heterocycles. The fourth-order valence-corrected chi connectivity index (χ4v) is 2.96. The van der Waals surface area contributed by atoms with Gasteiger partial charge >= 0.3 is 0 Å². The molecule has 0 bridgehead atoms. The zero-order valence-electron chi connectivity index (χ0n) is 12.9. The Morgan fingerprint density at radius 1 is 1.30 bits per heavy atom. The van der Waals surface area contributed by atoms with E-state index < -0.39 is 6.10 Å². The van der Waals surface area contributed by atoms with Crippen molar-refractivity contribution in [3.8, 4) is 0 Å². The Morgan fingerprint density at radius 2 is 2.13 bits per heavy atom. The highest BCUT2D eigenvalue weighted by Crippen LogP contribution is 2.19. The molecule has 3 rings (SSSR count). The highest BCUT2D eigenvalue weighted by atomic mass is 16.3. The zero-order chi connectivity index (χ0) is 16.1. The van der Waals surface area contributed by atoms with Gasteiger partial charge in [-0.05, 0) is 17.5 Å². The predicted octanol–water partition coefficient (Wildman–Crippen LogP) is 1.01. The molecule has 1 aromatic heterocycles. The van der Waals surface area contributed by atoms with E-state index in [1.807, 2.05) is 0 Å². The van der Waals surface area contributed by atoms with Crippen molar-refractivity contribution in [2.24, 2.45) is 0 Å². The number of nitrogens with zero attached hydrogens (tertiary/aromatic N) is 3. The van der Waals surface area contributed by atoms with Crippen molar-refractivity contribution in [3.63, 3.8) is 0 Å². The molecule has 0 aliphatic carbocycles. The summed E-state index contributed by atoms with van der Waals surface area (Å²) in [5, 5.41) is 12.8. The summed E-state index contributed by atoms with van der Waals surface area (Å²) < 4.78 is 0. The van der Waals surface area contributed by atoms with Gasteiger partial charge in [-0.1, -0.05) is 24.3 Å². The van der Waals surface area contributed by atoms with Crippen LogP contribution >= 0.6 is 0 Å². The van der Waals surface area contributed by atoms with Crippen LogP contribution in [0.5, 0.6) is 0 Å². The molecule has 0 saturated heterocycles. The normalized spacial score (nSPS) is 15.7. The molecule has 120 valence electrons. The Balaban J connectivity index is 1.57. The quantitative estimate of drug-likeness (QED) is 0.778. The fraction of sp³-hybridized carbons (Fsp3) is 0.353. The second-order valence-electron chi connectivity index (χ2n) is 5.77. The molecule has 1 aliphatic heterocycles. The van der Waals surface area contributed by atoms with E-state index in [2.05, 4.69) is 44.5 Å². The number of fused-ring (bicyclic) bond motifs is 1. The van der Waals surface area contributed by atoms with Gasteiger partial charge in [-0.3, -0.25) is 9.69 Å². The summed E-state index contributed by atoms with van der Waals surface area (Å²) in [7, 11) is 0. The molecule has 6 nitrogen and oxygen atoms in total. The first-order valence-corrected chi connectivity index (χ1v) is 7.73. The van der Waals surface area contributed by atoms with Gasteiger partial charge in [0.25, 0.3) is 0 Å². The third-order valence-corrected chi connectivity index (χ3v) is 4.05. The molecule has 0 saturated carbocycles. The third kappa shape index (κ3) is 4.12. The monoisotopic (exact) mass is 312 g/mol. The average Bonchev–Trinajstić information content (AvgIpc) is 2.55. The van der Waals surface area contributed by atoms with Crippen LogP contribution in [0.25, 0.3) is 0 Å². The lowest BCUT2D eigenvalue weighted by Crippen LogP contribution is -2.37. The summed E-state index contributed by atoms with van der Waals surface area (Å²) in [6.07, 6.45) is 2.93. The smallest absolute Gasteiger partial charge is 0.212 e. The first kappa shape index (κ1) is 15.6. The van der Waals surface area contributed by atoms with Gasteiger partial charge in [0.1, 0.15) is 12.1 Å². The van der Waals surface area contributed by atoms with Gasteiger partial charge in [0, 0.05) is 37.8 Å². The van der Waals surface area contributed by atoms with Crippen LogP contribution in [-0.2, 0) is 24.2 Å². The number of hydrogen-bond donors (Lipinski definition) is 2. The summed E-state index contributed by atoms with van der Waals surface area (Å²) in [6.45, 7) is 2.43. The molecule has 1 aromatic carbocycles. The van der Waals surface area contributed by atoms with E-state index >= 15 is 0 Å². The summed E-state index contributed by atoms with van der Waals surface area (Å²) in [5.74, 6) is 0.448. The number of carbonyl (C=O) groups is 1. The van der Waals surface area contributed by atoms with E-state index in [1.165, 1.54) is 17.5 Å². The van der Waals surface area contributed by atoms with E-state index in [1.54, 1.807) is 6.07 Å². The Hall–Kier alpha value is -2.31. The standard InChI is InChI=1S/C17H20N4O2/c22-12-20-17-8-15(18-11-19-17)7-16(23)10-21-6-5-13-3-1-2-4-14(13)9-21/h1-4,8,11-12,16,23H,5-7,9-10H2,(H,18,19,20,22)/t16-/m0/s1. The van der Waals surface area contributed by atoms with Crippen molar-refractivity contribution in [2.45, 2.75) is 25.5 Å². The number of hydrogen-bond acceptors (Lipinski definition) is 5. The average molecular weight is 312 g/mol. The SMILES string of the molecule is O=CNc1cc(C[C@H](O)CN2CCc3ccccc3C2)ncn1. The van der Waals surface area contributed by atoms with Gasteiger partial charge < -0.3 is 10.4 Å². The summed E-state index contributed by atoms with van der Waals surface area (Å²) in [5.41, 5.74) is 3.46. The van der Waals surface area contributed by atoms with Crippen molar-refractivity contribution in [2.75, 3.05) is 18.4 Å². The molecule has 6 heteroatoms. The minimum absolute atomic E-state index is 0.439. The van der Waals surface area contributed by atoms with Gasteiger partial charge in [0.2, 0.25) is 6.41 Å². The summed E-state index contributed by atoms with van der Waals surface area (Å²) in [4.78, 5) is 20.8. The van der Waals surface area contributed by atoms with E-state index in [-0.39, 0.29) is 0 Å². The lowest BCUT2D eigenvalue weighted by atomic mass is 9.99. The molecule has 1 amide bonds. The molecule has 0 fully saturated rings. The van der Waals surface area contributed by atoms with Crippen LogP contribution in [0.2, 0.25) is 0 Å². The van der Waals surface area contributed by atoms with Crippen LogP contribution in [0.15, 0.2) is 36.7 Å². The molecule has 2 N–H and O–H groups in total. The third-order valence-electron chi connectivity index (χ3n) is 4.05. The number of β-amino-alcohol motifs (C(OH)–C–C–N with tert-alkyl or cyclic N) is 1. The van der Waals surface area contributed by atoms with Crippen molar-refractivity contribution < 1.29 is 9.90 Å². The Bertz CT molecular complexity index is 677. The van der Waals surface area contributed by atoms with Crippen LogP contribution in [0, 0.1) is 0 Å². The molecule has 0 radical (unpaired) electrons. The van der Waals surface area contributed by atoms with Crippen molar-refractivity contribution in [3.05, 3.63) is 53.5 Å². The number of benzene rings is 1. The lowest BCUT2D eigenvalue weighted by molar-refractivity contribution is -0.105. The number of amides is 1. The number of aromatic nitrogens is 2. The number of anilines is 1. The zero-order valence-corrected chi connectivity index (χ0v) is 12.9. The number of carbonyl (C=O) groups excluding carboxylic acids is 1. The van der Waals surface area contributed by atoms with E-state index in [0.29, 0.717) is 30.9 Å². The molecule has 1 atom stereocenters. The minimum atomic E-state index is -0.501. The Labute approximate surface area is 135 Å². The van der Waals surface area contributed by atoms with E-state index in [0.717, 1.165) is 19.5 Å². The maximum absolute atomic E-state index is 10.4. The Morgan fingerprint density at radius 3 is 2.96 bits per heavy atom. The molecular weight excluding hydrogens is 292 g/mol. The van der Waals surface area contributed by atoms with Crippen molar-refractivity contribution >= 4 is 12.2 Å². The number of aliphatic hydroxyl groups is 1. The predicted molar refractivity (Wildman–Crippen MR) is 86.9 cm³/mol. The molecule has 23 heavy (non-hydrogen) atoms. The number of aliphatic hydroxyl groups excluding tert-OH is 1. The lowest BCUT2D eigenvalue weighted by Gasteiger charge is -2.30. The van der Waals surface area contributed by atoms with Crippen LogP contribution < -0.4 is 5.32 Å². The van der Waals surface area contributed by atoms with Crippen LogP contribution in [-0.4, -0.2) is 45.6 Å². The highest BCUT2D eigenvalue weighted by Gasteiger charge is 2.18. The molecule has 0 spiro atoms. The van der Waals surface area contributed by atoms with E-state index in [4.69, 9.17) is 0 Å². The second-order valence-corrected chi connectivity index (χ2v) is 5.77. The largest absolute Gasteiger partial charge is 0.391 e. The Kier molecular flexibility index (Phi) is 4.95. The van der Waals surface area contributed by atoms with Crippen LogP contribution in [0.4, 0.5) is 5.82 Å². The maximum Gasteiger partial charge on any atom is 0.212 e. The van der Waals surface area contributed by atoms with Crippen molar-refractivity contribution in [1.29, 1.82) is 0 Å². The van der Waals surface area contributed by atoms with Crippen molar-refractivity contribution in [1.82, 2.24) is 14.9 Å². The second kappa shape index (κ2) is 7.30. The maximum atomic E-state index is 10.4. The highest BCUT2D eigenvalue weighted by molar-refractivity contribution is 5.68. The van der Waals surface area contributed by atoms with Crippen LogP contribution in [0.3, 0.4) is 0 Å². The number of nitrogens with one attached hydrogen (secondary N) is 1. The minimum Gasteiger partial charge on any atom is -0.391 e. The first-order valence-electron chi connectivity index (χ1n) is 7.73.